The number of rotatable bonds is 2. The van der Waals surface area contributed by atoms with E-state index in [1.54, 1.807) is 6.92 Å². The van der Waals surface area contributed by atoms with Crippen molar-refractivity contribution in [3.63, 3.8) is 0 Å². The minimum Gasteiger partial charge on any atom is -0.481 e. The van der Waals surface area contributed by atoms with Gasteiger partial charge in [0.2, 0.25) is 0 Å². The lowest BCUT2D eigenvalue weighted by Crippen LogP contribution is -2.36. The monoisotopic (exact) mass is 212 g/mol. The lowest BCUT2D eigenvalue weighted by Gasteiger charge is -2.19. The van der Waals surface area contributed by atoms with Gasteiger partial charge in [-0.15, -0.1) is 0 Å². The fourth-order valence-electron chi connectivity index (χ4n) is 1.69. The summed E-state index contributed by atoms with van der Waals surface area (Å²) in [5.74, 6) is -4.76. The van der Waals surface area contributed by atoms with Crippen LogP contribution in [-0.2, 0) is 9.53 Å². The summed E-state index contributed by atoms with van der Waals surface area (Å²) in [6, 6.07) is 0. The number of carboxylic acids is 1. The first-order valence-electron chi connectivity index (χ1n) is 4.29. The molecule has 1 aliphatic rings. The van der Waals surface area contributed by atoms with E-state index in [0.717, 1.165) is 0 Å². The maximum absolute atomic E-state index is 12.3. The van der Waals surface area contributed by atoms with Gasteiger partial charge in [0.15, 0.2) is 0 Å². The zero-order chi connectivity index (χ0) is 10.9. The third-order valence-corrected chi connectivity index (χ3v) is 2.43. The van der Waals surface area contributed by atoms with Crippen molar-refractivity contribution in [2.75, 3.05) is 6.61 Å². The van der Waals surface area contributed by atoms with Crippen LogP contribution in [-0.4, -0.2) is 30.0 Å². The van der Waals surface area contributed by atoms with Gasteiger partial charge in [-0.2, -0.15) is 13.2 Å². The molecule has 1 saturated heterocycles. The minimum absolute atomic E-state index is 0.281. The molecule has 1 rings (SSSR count). The Morgan fingerprint density at radius 2 is 2.14 bits per heavy atom. The van der Waals surface area contributed by atoms with Gasteiger partial charge in [0.1, 0.15) is 0 Å². The second-order valence-electron chi connectivity index (χ2n) is 3.29. The number of aliphatic carboxylic acids is 1. The Kier molecular flexibility index (Phi) is 3.04. The normalized spacial score (nSPS) is 33.3. The summed E-state index contributed by atoms with van der Waals surface area (Å²) in [5, 5.41) is 8.67. The summed E-state index contributed by atoms with van der Waals surface area (Å²) in [7, 11) is 0. The van der Waals surface area contributed by atoms with Crippen molar-refractivity contribution in [1.29, 1.82) is 0 Å². The van der Waals surface area contributed by atoms with E-state index in [2.05, 4.69) is 0 Å². The first-order valence-corrected chi connectivity index (χ1v) is 4.29. The molecule has 0 aromatic rings. The van der Waals surface area contributed by atoms with E-state index in [-0.39, 0.29) is 6.42 Å². The minimum atomic E-state index is -4.49. The number of carboxylic acid groups (broad SMARTS) is 1. The van der Waals surface area contributed by atoms with Crippen LogP contribution in [0.1, 0.15) is 13.3 Å². The molecular formula is C8H11F3O3. The van der Waals surface area contributed by atoms with Crippen molar-refractivity contribution in [1.82, 2.24) is 0 Å². The van der Waals surface area contributed by atoms with E-state index < -0.39 is 36.7 Å². The van der Waals surface area contributed by atoms with Gasteiger partial charge in [-0.1, -0.05) is 6.92 Å². The number of halogens is 3. The van der Waals surface area contributed by atoms with Crippen LogP contribution in [0.15, 0.2) is 0 Å². The van der Waals surface area contributed by atoms with Gasteiger partial charge in [0, 0.05) is 0 Å². The fourth-order valence-corrected chi connectivity index (χ4v) is 1.69. The first-order chi connectivity index (χ1) is 6.38. The number of carbonyl (C=O) groups is 1. The van der Waals surface area contributed by atoms with Crippen LogP contribution in [0.5, 0.6) is 0 Å². The number of alkyl halides is 3. The van der Waals surface area contributed by atoms with Crippen LogP contribution in [0.25, 0.3) is 0 Å². The van der Waals surface area contributed by atoms with Gasteiger partial charge in [-0.25, -0.2) is 0 Å². The third-order valence-electron chi connectivity index (χ3n) is 2.43. The molecule has 0 radical (unpaired) electrons. The van der Waals surface area contributed by atoms with E-state index in [1.165, 1.54) is 0 Å². The molecule has 0 unspecified atom stereocenters. The molecule has 0 saturated carbocycles. The largest absolute Gasteiger partial charge is 0.481 e. The van der Waals surface area contributed by atoms with Gasteiger partial charge in [0.25, 0.3) is 0 Å². The maximum Gasteiger partial charge on any atom is 0.394 e. The van der Waals surface area contributed by atoms with Gasteiger partial charge in [0.05, 0.1) is 24.5 Å². The van der Waals surface area contributed by atoms with Gasteiger partial charge < -0.3 is 9.84 Å². The quantitative estimate of drug-likeness (QED) is 0.757. The maximum atomic E-state index is 12.3. The lowest BCUT2D eigenvalue weighted by molar-refractivity contribution is -0.189. The number of hydrogen-bond donors (Lipinski definition) is 1. The molecule has 3 atom stereocenters. The summed E-state index contributed by atoms with van der Waals surface area (Å²) in [4.78, 5) is 10.6. The highest BCUT2D eigenvalue weighted by molar-refractivity contribution is 5.71. The third kappa shape index (κ3) is 2.00. The van der Waals surface area contributed by atoms with Crippen molar-refractivity contribution in [2.24, 2.45) is 11.8 Å². The topological polar surface area (TPSA) is 46.5 Å². The number of hydrogen-bond acceptors (Lipinski definition) is 2. The van der Waals surface area contributed by atoms with Gasteiger partial charge in [-0.05, 0) is 6.42 Å². The summed E-state index contributed by atoms with van der Waals surface area (Å²) in [5.41, 5.74) is 0. The Hall–Kier alpha value is -0.780. The molecule has 82 valence electrons. The van der Waals surface area contributed by atoms with Crippen LogP contribution < -0.4 is 0 Å². The molecule has 1 aliphatic heterocycles. The molecule has 14 heavy (non-hydrogen) atoms. The molecular weight excluding hydrogens is 201 g/mol. The van der Waals surface area contributed by atoms with E-state index in [1.807, 2.05) is 0 Å². The number of ether oxygens (including phenoxy) is 1. The molecule has 0 amide bonds. The average Bonchev–Trinajstić information content (AvgIpc) is 2.45. The van der Waals surface area contributed by atoms with Crippen molar-refractivity contribution in [3.05, 3.63) is 0 Å². The molecule has 1 N–H and O–H groups in total. The summed E-state index contributed by atoms with van der Waals surface area (Å²) in [6.45, 7) is 1.07. The van der Waals surface area contributed by atoms with E-state index in [0.29, 0.717) is 0 Å². The van der Waals surface area contributed by atoms with E-state index in [4.69, 9.17) is 9.84 Å². The molecule has 1 fully saturated rings. The molecule has 0 bridgehead atoms. The lowest BCUT2D eigenvalue weighted by atomic mass is 9.89. The Labute approximate surface area is 78.9 Å². The van der Waals surface area contributed by atoms with Crippen LogP contribution in [0, 0.1) is 11.8 Å². The highest BCUT2D eigenvalue weighted by atomic mass is 19.4. The molecule has 0 aliphatic carbocycles. The van der Waals surface area contributed by atoms with Crippen molar-refractivity contribution in [3.8, 4) is 0 Å². The highest BCUT2D eigenvalue weighted by Crippen LogP contribution is 2.40. The average molecular weight is 212 g/mol. The zero-order valence-corrected chi connectivity index (χ0v) is 7.54. The fraction of sp³-hybridized carbons (Fsp3) is 0.875. The smallest absolute Gasteiger partial charge is 0.394 e. The molecule has 1 heterocycles. The van der Waals surface area contributed by atoms with E-state index >= 15 is 0 Å². The SMILES string of the molecule is CC[C@@H]1OC[C@H](C(F)(F)F)[C@H]1C(=O)O. The Bertz CT molecular complexity index is 226. The molecule has 6 heteroatoms. The standard InChI is InChI=1S/C8H11F3O3/c1-2-5-6(7(12)13)4(3-14-5)8(9,10)11/h4-6H,2-3H2,1H3,(H,12,13)/t4-,5-,6+/m0/s1. The molecule has 0 spiro atoms. The Morgan fingerprint density at radius 1 is 1.57 bits per heavy atom. The van der Waals surface area contributed by atoms with Crippen molar-refractivity contribution >= 4 is 5.97 Å². The second-order valence-corrected chi connectivity index (χ2v) is 3.29. The molecule has 0 aromatic carbocycles. The van der Waals surface area contributed by atoms with Crippen LogP contribution in [0.3, 0.4) is 0 Å². The van der Waals surface area contributed by atoms with E-state index in [9.17, 15) is 18.0 Å². The van der Waals surface area contributed by atoms with Crippen LogP contribution in [0.4, 0.5) is 13.2 Å². The van der Waals surface area contributed by atoms with Crippen molar-refractivity contribution in [2.45, 2.75) is 25.6 Å². The Balaban J connectivity index is 2.84. The van der Waals surface area contributed by atoms with Crippen molar-refractivity contribution < 1.29 is 27.8 Å². The summed E-state index contributed by atoms with van der Waals surface area (Å²) in [6.07, 6.45) is -5.03. The van der Waals surface area contributed by atoms with Gasteiger partial charge in [-0.3, -0.25) is 4.79 Å². The Morgan fingerprint density at radius 3 is 2.50 bits per heavy atom. The van der Waals surface area contributed by atoms with Crippen LogP contribution in [0.2, 0.25) is 0 Å². The predicted molar refractivity (Wildman–Crippen MR) is 40.7 cm³/mol. The first kappa shape index (κ1) is 11.3. The summed E-state index contributed by atoms with van der Waals surface area (Å²) < 4.78 is 41.8. The summed E-state index contributed by atoms with van der Waals surface area (Å²) >= 11 is 0. The van der Waals surface area contributed by atoms with Gasteiger partial charge >= 0.3 is 12.1 Å². The second kappa shape index (κ2) is 3.76. The zero-order valence-electron chi connectivity index (χ0n) is 7.54. The molecule has 3 nitrogen and oxygen atoms in total. The van der Waals surface area contributed by atoms with Crippen LogP contribution >= 0.6 is 0 Å². The highest BCUT2D eigenvalue weighted by Gasteiger charge is 2.54. The predicted octanol–water partition coefficient (Wildman–Crippen LogP) is 1.67. The molecule has 0 aromatic heterocycles.